The van der Waals surface area contributed by atoms with Crippen LogP contribution in [0.4, 0.5) is 4.39 Å². The molecule has 0 bridgehead atoms. The van der Waals surface area contributed by atoms with Gasteiger partial charge in [0.2, 0.25) is 0 Å². The number of nitrogens with one attached hydrogen (secondary N) is 1. The largest absolute Gasteiger partial charge is 0.494 e. The van der Waals surface area contributed by atoms with Crippen LogP contribution in [0.1, 0.15) is 24.2 Å². The van der Waals surface area contributed by atoms with E-state index in [0.717, 1.165) is 24.2 Å². The highest BCUT2D eigenvalue weighted by Gasteiger charge is 2.09. The van der Waals surface area contributed by atoms with E-state index in [9.17, 15) is 4.39 Å². The van der Waals surface area contributed by atoms with Crippen LogP contribution in [0.25, 0.3) is 0 Å². The fourth-order valence-corrected chi connectivity index (χ4v) is 2.03. The van der Waals surface area contributed by atoms with E-state index >= 15 is 0 Å². The summed E-state index contributed by atoms with van der Waals surface area (Å²) in [5.74, 6) is -0.0576. The summed E-state index contributed by atoms with van der Waals surface area (Å²) in [6.45, 7) is 2.81. The summed E-state index contributed by atoms with van der Waals surface area (Å²) in [5.41, 5.74) is 1.96. The van der Waals surface area contributed by atoms with Gasteiger partial charge in [0, 0.05) is 30.9 Å². The zero-order chi connectivity index (χ0) is 14.4. The van der Waals surface area contributed by atoms with E-state index in [1.807, 2.05) is 31.2 Å². The maximum atomic E-state index is 13.6. The molecule has 2 aromatic rings. The number of benzene rings is 1. The molecule has 0 radical (unpaired) electrons. The lowest BCUT2D eigenvalue weighted by atomic mass is 10.1. The van der Waals surface area contributed by atoms with Gasteiger partial charge in [-0.05, 0) is 36.8 Å². The zero-order valence-electron chi connectivity index (χ0n) is 11.8. The van der Waals surface area contributed by atoms with Gasteiger partial charge in [-0.3, -0.25) is 4.98 Å². The smallest absolute Gasteiger partial charge is 0.165 e. The van der Waals surface area contributed by atoms with Gasteiger partial charge in [-0.1, -0.05) is 12.1 Å². The molecular formula is C16H19FN2O. The molecule has 1 aromatic heterocycles. The summed E-state index contributed by atoms with van der Waals surface area (Å²) in [5, 5.41) is 3.36. The molecule has 0 aliphatic heterocycles. The minimum Gasteiger partial charge on any atom is -0.494 e. The van der Waals surface area contributed by atoms with Gasteiger partial charge in [0.1, 0.15) is 0 Å². The molecule has 0 aliphatic rings. The first-order valence-corrected chi connectivity index (χ1v) is 6.67. The van der Waals surface area contributed by atoms with Crippen LogP contribution in [0.2, 0.25) is 0 Å². The van der Waals surface area contributed by atoms with Gasteiger partial charge in [0.15, 0.2) is 11.6 Å². The Morgan fingerprint density at radius 1 is 1.30 bits per heavy atom. The van der Waals surface area contributed by atoms with Crippen LogP contribution in [0, 0.1) is 5.82 Å². The number of pyridine rings is 1. The van der Waals surface area contributed by atoms with Crippen molar-refractivity contribution in [1.29, 1.82) is 0 Å². The quantitative estimate of drug-likeness (QED) is 0.878. The van der Waals surface area contributed by atoms with Crippen LogP contribution >= 0.6 is 0 Å². The Morgan fingerprint density at radius 2 is 2.15 bits per heavy atom. The molecule has 0 aliphatic carbocycles. The molecule has 0 saturated carbocycles. The molecule has 1 unspecified atom stereocenters. The van der Waals surface area contributed by atoms with Gasteiger partial charge in [0.05, 0.1) is 7.11 Å². The Labute approximate surface area is 118 Å². The van der Waals surface area contributed by atoms with Crippen molar-refractivity contribution in [1.82, 2.24) is 10.3 Å². The van der Waals surface area contributed by atoms with E-state index in [2.05, 4.69) is 10.3 Å². The standard InChI is InChI=1S/C16H19FN2O/c1-12(13-6-7-16(20-2)15(17)11-13)18-10-8-14-5-3-4-9-19-14/h3-7,9,11-12,18H,8,10H2,1-2H3. The third-order valence-electron chi connectivity index (χ3n) is 3.23. The molecule has 106 valence electrons. The van der Waals surface area contributed by atoms with Crippen molar-refractivity contribution < 1.29 is 9.13 Å². The fourth-order valence-electron chi connectivity index (χ4n) is 2.03. The molecule has 1 N–H and O–H groups in total. The van der Waals surface area contributed by atoms with E-state index in [1.165, 1.54) is 13.2 Å². The Kier molecular flexibility index (Phi) is 5.07. The molecule has 20 heavy (non-hydrogen) atoms. The summed E-state index contributed by atoms with van der Waals surface area (Å²) in [7, 11) is 1.46. The molecule has 1 atom stereocenters. The van der Waals surface area contributed by atoms with E-state index in [1.54, 1.807) is 12.3 Å². The Hall–Kier alpha value is -1.94. The van der Waals surface area contributed by atoms with Crippen molar-refractivity contribution in [3.8, 4) is 5.75 Å². The van der Waals surface area contributed by atoms with E-state index in [0.29, 0.717) is 0 Å². The second kappa shape index (κ2) is 7.01. The third-order valence-corrected chi connectivity index (χ3v) is 3.23. The highest BCUT2D eigenvalue weighted by atomic mass is 19.1. The summed E-state index contributed by atoms with van der Waals surface area (Å²) < 4.78 is 18.6. The molecule has 2 rings (SSSR count). The number of aromatic nitrogens is 1. The van der Waals surface area contributed by atoms with Gasteiger partial charge < -0.3 is 10.1 Å². The van der Waals surface area contributed by atoms with Gasteiger partial charge in [-0.2, -0.15) is 0 Å². The lowest BCUT2D eigenvalue weighted by Gasteiger charge is -2.15. The highest BCUT2D eigenvalue weighted by Crippen LogP contribution is 2.21. The number of hydrogen-bond donors (Lipinski definition) is 1. The summed E-state index contributed by atoms with van der Waals surface area (Å²) in [4.78, 5) is 4.27. The first-order valence-electron chi connectivity index (χ1n) is 6.67. The van der Waals surface area contributed by atoms with E-state index in [4.69, 9.17) is 4.74 Å². The van der Waals surface area contributed by atoms with Gasteiger partial charge in [-0.25, -0.2) is 4.39 Å². The van der Waals surface area contributed by atoms with Crippen LogP contribution in [0.15, 0.2) is 42.6 Å². The van der Waals surface area contributed by atoms with Crippen molar-refractivity contribution >= 4 is 0 Å². The SMILES string of the molecule is COc1ccc(C(C)NCCc2ccccn2)cc1F. The number of halogens is 1. The minimum absolute atomic E-state index is 0.0825. The number of nitrogens with zero attached hydrogens (tertiary/aromatic N) is 1. The van der Waals surface area contributed by atoms with Crippen molar-refractivity contribution in [3.63, 3.8) is 0 Å². The van der Waals surface area contributed by atoms with Gasteiger partial charge in [-0.15, -0.1) is 0 Å². The van der Waals surface area contributed by atoms with Crippen LogP contribution in [0.5, 0.6) is 5.75 Å². The van der Waals surface area contributed by atoms with Gasteiger partial charge in [0.25, 0.3) is 0 Å². The molecule has 0 amide bonds. The van der Waals surface area contributed by atoms with E-state index < -0.39 is 0 Å². The predicted molar refractivity (Wildman–Crippen MR) is 77.3 cm³/mol. The van der Waals surface area contributed by atoms with E-state index in [-0.39, 0.29) is 17.6 Å². The molecule has 3 nitrogen and oxygen atoms in total. The molecule has 4 heteroatoms. The van der Waals surface area contributed by atoms with Crippen molar-refractivity contribution in [3.05, 3.63) is 59.7 Å². The lowest BCUT2D eigenvalue weighted by molar-refractivity contribution is 0.385. The topological polar surface area (TPSA) is 34.1 Å². The second-order valence-electron chi connectivity index (χ2n) is 4.64. The minimum atomic E-state index is -0.330. The number of rotatable bonds is 6. The van der Waals surface area contributed by atoms with Crippen molar-refractivity contribution in [2.75, 3.05) is 13.7 Å². The third kappa shape index (κ3) is 3.78. The number of hydrogen-bond acceptors (Lipinski definition) is 3. The predicted octanol–water partition coefficient (Wildman–Crippen LogP) is 3.12. The number of methoxy groups -OCH3 is 1. The molecule has 1 heterocycles. The summed E-state index contributed by atoms with van der Waals surface area (Å²) in [6.07, 6.45) is 2.64. The van der Waals surface area contributed by atoms with Gasteiger partial charge >= 0.3 is 0 Å². The lowest BCUT2D eigenvalue weighted by Crippen LogP contribution is -2.21. The first kappa shape index (κ1) is 14.5. The Bertz CT molecular complexity index is 545. The second-order valence-corrected chi connectivity index (χ2v) is 4.64. The average Bonchev–Trinajstić information content (AvgIpc) is 2.48. The highest BCUT2D eigenvalue weighted by molar-refractivity contribution is 5.30. The average molecular weight is 274 g/mol. The number of ether oxygens (including phenoxy) is 1. The molecule has 0 saturated heterocycles. The maximum absolute atomic E-state index is 13.6. The Morgan fingerprint density at radius 3 is 2.80 bits per heavy atom. The monoisotopic (exact) mass is 274 g/mol. The molecule has 0 spiro atoms. The van der Waals surface area contributed by atoms with Crippen LogP contribution < -0.4 is 10.1 Å². The van der Waals surface area contributed by atoms with Crippen LogP contribution in [-0.2, 0) is 6.42 Å². The maximum Gasteiger partial charge on any atom is 0.165 e. The van der Waals surface area contributed by atoms with Crippen molar-refractivity contribution in [2.45, 2.75) is 19.4 Å². The zero-order valence-corrected chi connectivity index (χ0v) is 11.8. The normalized spacial score (nSPS) is 12.2. The Balaban J connectivity index is 1.88. The van der Waals surface area contributed by atoms with Crippen LogP contribution in [0.3, 0.4) is 0 Å². The van der Waals surface area contributed by atoms with Crippen molar-refractivity contribution in [2.24, 2.45) is 0 Å². The first-order chi connectivity index (χ1) is 9.70. The fraction of sp³-hybridized carbons (Fsp3) is 0.312. The van der Waals surface area contributed by atoms with Crippen LogP contribution in [-0.4, -0.2) is 18.6 Å². The molecule has 0 fully saturated rings. The summed E-state index contributed by atoms with van der Waals surface area (Å²) >= 11 is 0. The molecular weight excluding hydrogens is 255 g/mol. The summed E-state index contributed by atoms with van der Waals surface area (Å²) in [6, 6.07) is 11.0. The molecule has 1 aromatic carbocycles.